The van der Waals surface area contributed by atoms with E-state index in [1.165, 1.54) is 5.56 Å². The molecule has 4 rings (SSSR count). The van der Waals surface area contributed by atoms with Gasteiger partial charge in [-0.1, -0.05) is 55.4 Å². The molecular weight excluding hydrogens is 466 g/mol. The van der Waals surface area contributed by atoms with Crippen molar-refractivity contribution >= 4 is 12.3 Å². The van der Waals surface area contributed by atoms with Gasteiger partial charge in [-0.2, -0.15) is 4.98 Å². The minimum absolute atomic E-state index is 0.105. The van der Waals surface area contributed by atoms with Crippen LogP contribution >= 0.6 is 0 Å². The van der Waals surface area contributed by atoms with Crippen LogP contribution in [0.25, 0.3) is 22.8 Å². The molecule has 0 spiro atoms. The van der Waals surface area contributed by atoms with E-state index in [-0.39, 0.29) is 18.9 Å². The Labute approximate surface area is 208 Å². The Kier molecular flexibility index (Phi) is 7.54. The fraction of sp³-hybridized carbons (Fsp3) is 0.385. The number of nitrogens with one attached hydrogen (secondary N) is 1. The van der Waals surface area contributed by atoms with Crippen LogP contribution in [0.2, 0.25) is 0 Å². The number of carboxylic acid groups (broad SMARTS) is 2. The van der Waals surface area contributed by atoms with Gasteiger partial charge < -0.3 is 29.5 Å². The maximum atomic E-state index is 11.0. The number of rotatable bonds is 9. The van der Waals surface area contributed by atoms with Crippen LogP contribution in [0, 0.1) is 5.92 Å². The van der Waals surface area contributed by atoms with Gasteiger partial charge in [0.25, 0.3) is 11.7 Å². The van der Waals surface area contributed by atoms with Gasteiger partial charge in [0.15, 0.2) is 0 Å². The molecule has 1 unspecified atom stereocenters. The first-order valence-electron chi connectivity index (χ1n) is 11.8. The van der Waals surface area contributed by atoms with Gasteiger partial charge in [0.1, 0.15) is 0 Å². The fourth-order valence-electron chi connectivity index (χ4n) is 4.42. The van der Waals surface area contributed by atoms with Crippen molar-refractivity contribution in [1.29, 1.82) is 0 Å². The fourth-order valence-corrected chi connectivity index (χ4v) is 4.42. The molecule has 190 valence electrons. The van der Waals surface area contributed by atoms with E-state index >= 15 is 0 Å². The number of hydrogen-bond donors (Lipinski definition) is 3. The van der Waals surface area contributed by atoms with E-state index in [4.69, 9.17) is 24.2 Å². The van der Waals surface area contributed by atoms with E-state index in [0.717, 1.165) is 23.1 Å². The summed E-state index contributed by atoms with van der Waals surface area (Å²) in [6.07, 6.45) is -1.34. The van der Waals surface area contributed by atoms with Crippen molar-refractivity contribution in [3.63, 3.8) is 0 Å². The summed E-state index contributed by atoms with van der Waals surface area (Å²) in [4.78, 5) is 26.5. The average molecular weight is 496 g/mol. The predicted octanol–water partition coefficient (Wildman–Crippen LogP) is 5.33. The van der Waals surface area contributed by atoms with Crippen LogP contribution in [0.4, 0.5) is 9.59 Å². The average Bonchev–Trinajstić information content (AvgIpc) is 3.45. The summed E-state index contributed by atoms with van der Waals surface area (Å²) in [7, 11) is 0. The van der Waals surface area contributed by atoms with Crippen LogP contribution in [-0.4, -0.2) is 44.5 Å². The summed E-state index contributed by atoms with van der Waals surface area (Å²) in [5.74, 6) is -0.131. The van der Waals surface area contributed by atoms with E-state index < -0.39 is 18.1 Å². The van der Waals surface area contributed by atoms with Crippen molar-refractivity contribution in [1.82, 2.24) is 15.5 Å². The molecule has 0 amide bonds. The molecule has 10 heteroatoms. The predicted molar refractivity (Wildman–Crippen MR) is 129 cm³/mol. The molecule has 36 heavy (non-hydrogen) atoms. The monoisotopic (exact) mass is 495 g/mol. The van der Waals surface area contributed by atoms with E-state index in [1.54, 1.807) is 0 Å². The molecular formula is C26H29N3O7. The molecule has 1 saturated carbocycles. The summed E-state index contributed by atoms with van der Waals surface area (Å²) in [5.41, 5.74) is 3.94. The zero-order chi connectivity index (χ0) is 25.7. The van der Waals surface area contributed by atoms with E-state index in [9.17, 15) is 9.59 Å². The Morgan fingerprint density at radius 1 is 1.03 bits per heavy atom. The quantitative estimate of drug-likeness (QED) is 0.263. The Morgan fingerprint density at radius 2 is 1.64 bits per heavy atom. The molecule has 1 fully saturated rings. The largest absolute Gasteiger partial charge is 0.509 e. The number of ether oxygens (including phenoxy) is 2. The lowest BCUT2D eigenvalue weighted by Gasteiger charge is -2.26. The second kappa shape index (κ2) is 10.8. The van der Waals surface area contributed by atoms with Gasteiger partial charge >= 0.3 is 12.3 Å². The summed E-state index contributed by atoms with van der Waals surface area (Å²) in [5, 5.41) is 25.3. The van der Waals surface area contributed by atoms with Crippen LogP contribution < -0.4 is 5.32 Å². The number of nitrogens with zero attached hydrogens (tertiary/aromatic N) is 2. The second-order valence-corrected chi connectivity index (χ2v) is 9.38. The molecule has 0 saturated heterocycles. The first-order valence-corrected chi connectivity index (χ1v) is 11.8. The summed E-state index contributed by atoms with van der Waals surface area (Å²) >= 11 is 0. The third-order valence-corrected chi connectivity index (χ3v) is 6.06. The molecule has 2 aromatic carbocycles. The van der Waals surface area contributed by atoms with Gasteiger partial charge in [-0.05, 0) is 42.0 Å². The molecule has 3 aromatic rings. The van der Waals surface area contributed by atoms with Crippen LogP contribution in [0.15, 0.2) is 53.1 Å². The normalized spacial score (nSPS) is 16.7. The summed E-state index contributed by atoms with van der Waals surface area (Å²) in [6.45, 7) is 4.88. The SMILES string of the molecule is CC(C)Cc1ccc(-c2nc(-c3ccc(CNC4CCC(OC(=O)O)(OC(=O)O)C4)cc3)no2)cc1. The highest BCUT2D eigenvalue weighted by atomic mass is 16.8. The van der Waals surface area contributed by atoms with Crippen LogP contribution in [0.3, 0.4) is 0 Å². The van der Waals surface area contributed by atoms with Crippen molar-refractivity contribution in [2.45, 2.75) is 57.9 Å². The third-order valence-electron chi connectivity index (χ3n) is 6.06. The van der Waals surface area contributed by atoms with Crippen molar-refractivity contribution in [3.05, 3.63) is 59.7 Å². The van der Waals surface area contributed by atoms with Crippen LogP contribution in [-0.2, 0) is 22.4 Å². The Bertz CT molecular complexity index is 1170. The number of hydrogen-bond acceptors (Lipinski definition) is 8. The van der Waals surface area contributed by atoms with Gasteiger partial charge in [-0.25, -0.2) is 9.59 Å². The maximum Gasteiger partial charge on any atom is 0.509 e. The Balaban J connectivity index is 1.34. The molecule has 3 N–H and O–H groups in total. The van der Waals surface area contributed by atoms with Crippen molar-refractivity contribution < 1.29 is 33.8 Å². The second-order valence-electron chi connectivity index (χ2n) is 9.38. The first kappa shape index (κ1) is 25.2. The Morgan fingerprint density at radius 3 is 2.25 bits per heavy atom. The minimum atomic E-state index is -1.68. The number of aromatic nitrogens is 2. The zero-order valence-electron chi connectivity index (χ0n) is 20.1. The molecule has 1 aliphatic rings. The topological polar surface area (TPSA) is 144 Å². The van der Waals surface area contributed by atoms with Crippen molar-refractivity contribution in [2.24, 2.45) is 5.92 Å². The van der Waals surface area contributed by atoms with Gasteiger partial charge in [-0.3, -0.25) is 0 Å². The minimum Gasteiger partial charge on any atom is -0.450 e. The van der Waals surface area contributed by atoms with Gasteiger partial charge in [-0.15, -0.1) is 0 Å². The third kappa shape index (κ3) is 6.39. The van der Waals surface area contributed by atoms with Gasteiger partial charge in [0.2, 0.25) is 5.82 Å². The van der Waals surface area contributed by atoms with E-state index in [0.29, 0.717) is 30.6 Å². The molecule has 1 aromatic heterocycles. The number of carbonyl (C=O) groups is 2. The van der Waals surface area contributed by atoms with Gasteiger partial charge in [0.05, 0.1) is 0 Å². The van der Waals surface area contributed by atoms with E-state index in [1.807, 2.05) is 36.4 Å². The highest BCUT2D eigenvalue weighted by Gasteiger charge is 2.46. The number of benzene rings is 2. The van der Waals surface area contributed by atoms with Crippen molar-refractivity contribution in [3.8, 4) is 22.8 Å². The summed E-state index contributed by atoms with van der Waals surface area (Å²) < 4.78 is 15.0. The van der Waals surface area contributed by atoms with Crippen LogP contribution in [0.5, 0.6) is 0 Å². The molecule has 0 bridgehead atoms. The standard InChI is InChI=1S/C26H29N3O7/c1-16(2)13-17-3-9-20(10-4-17)23-28-22(29-36-23)19-7-5-18(6-8-19)15-27-21-11-12-26(14-21,34-24(30)31)35-25(32)33/h3-10,16,21,27H,11-15H2,1-2H3,(H,30,31)(H,32,33). The van der Waals surface area contributed by atoms with Crippen LogP contribution in [0.1, 0.15) is 44.2 Å². The molecule has 1 aliphatic carbocycles. The highest BCUT2D eigenvalue weighted by molar-refractivity contribution is 5.61. The lowest BCUT2D eigenvalue weighted by atomic mass is 10.0. The molecule has 1 atom stereocenters. The highest BCUT2D eigenvalue weighted by Crippen LogP contribution is 2.35. The lowest BCUT2D eigenvalue weighted by molar-refractivity contribution is -0.177. The van der Waals surface area contributed by atoms with Gasteiger partial charge in [0, 0.05) is 36.6 Å². The molecule has 0 aliphatic heterocycles. The molecule has 10 nitrogen and oxygen atoms in total. The smallest absolute Gasteiger partial charge is 0.450 e. The van der Waals surface area contributed by atoms with Crippen molar-refractivity contribution in [2.75, 3.05) is 0 Å². The maximum absolute atomic E-state index is 11.0. The summed E-state index contributed by atoms with van der Waals surface area (Å²) in [6, 6.07) is 15.7. The Hall–Kier alpha value is -3.92. The first-order chi connectivity index (χ1) is 17.2. The van der Waals surface area contributed by atoms with E-state index in [2.05, 4.69) is 41.4 Å². The molecule has 1 heterocycles. The molecule has 0 radical (unpaired) electrons. The zero-order valence-corrected chi connectivity index (χ0v) is 20.1. The lowest BCUT2D eigenvalue weighted by Crippen LogP contribution is -2.39.